The number of carbonyl (C=O) groups is 1. The fourth-order valence-corrected chi connectivity index (χ4v) is 2.31. The molecule has 106 valence electrons. The summed E-state index contributed by atoms with van der Waals surface area (Å²) in [6.07, 6.45) is 4.25. The summed E-state index contributed by atoms with van der Waals surface area (Å²) in [4.78, 5) is 13.7. The van der Waals surface area contributed by atoms with Gasteiger partial charge in [-0.25, -0.2) is 0 Å². The van der Waals surface area contributed by atoms with Crippen LogP contribution in [0.1, 0.15) is 46.5 Å². The lowest BCUT2D eigenvalue weighted by Crippen LogP contribution is -2.48. The Hall–Kier alpha value is -0.610. The van der Waals surface area contributed by atoms with Gasteiger partial charge in [-0.15, -0.1) is 0 Å². The van der Waals surface area contributed by atoms with Crippen molar-refractivity contribution in [3.05, 3.63) is 0 Å². The van der Waals surface area contributed by atoms with E-state index < -0.39 is 11.5 Å². The van der Waals surface area contributed by atoms with E-state index in [1.165, 1.54) is 12.8 Å². The maximum absolute atomic E-state index is 11.2. The zero-order valence-corrected chi connectivity index (χ0v) is 12.2. The van der Waals surface area contributed by atoms with Crippen LogP contribution >= 0.6 is 0 Å². The fraction of sp³-hybridized carbons (Fsp3) is 0.929. The summed E-state index contributed by atoms with van der Waals surface area (Å²) < 4.78 is 0. The molecule has 1 fully saturated rings. The molecule has 1 atom stereocenters. The van der Waals surface area contributed by atoms with Gasteiger partial charge in [0.05, 0.1) is 0 Å². The van der Waals surface area contributed by atoms with Gasteiger partial charge in [-0.3, -0.25) is 4.79 Å². The smallest absolute Gasteiger partial charge is 0.323 e. The quantitative estimate of drug-likeness (QED) is 0.662. The minimum Gasteiger partial charge on any atom is -0.480 e. The van der Waals surface area contributed by atoms with Crippen LogP contribution in [-0.4, -0.2) is 47.7 Å². The lowest BCUT2D eigenvalue weighted by molar-refractivity contribution is -0.144. The van der Waals surface area contributed by atoms with Gasteiger partial charge in [0.25, 0.3) is 0 Å². The summed E-state index contributed by atoms with van der Waals surface area (Å²) in [5, 5.41) is 12.1. The Labute approximate surface area is 111 Å². The van der Waals surface area contributed by atoms with Gasteiger partial charge in [0.15, 0.2) is 0 Å². The lowest BCUT2D eigenvalue weighted by atomic mass is 9.96. The van der Waals surface area contributed by atoms with Gasteiger partial charge in [0.1, 0.15) is 5.54 Å². The third kappa shape index (κ3) is 4.58. The molecule has 0 aromatic heterocycles. The molecule has 4 heteroatoms. The number of nitrogens with zero attached hydrogens (tertiary/aromatic N) is 1. The summed E-state index contributed by atoms with van der Waals surface area (Å²) in [5.41, 5.74) is -0.785. The molecule has 1 saturated carbocycles. The molecule has 1 aliphatic rings. The monoisotopic (exact) mass is 256 g/mol. The molecule has 1 rings (SSSR count). The molecule has 0 amide bonds. The molecular weight excluding hydrogens is 228 g/mol. The number of aliphatic carboxylic acids is 1. The van der Waals surface area contributed by atoms with Gasteiger partial charge < -0.3 is 15.3 Å². The number of nitrogens with one attached hydrogen (secondary N) is 1. The Morgan fingerprint density at radius 1 is 1.50 bits per heavy atom. The summed E-state index contributed by atoms with van der Waals surface area (Å²) in [6.45, 7) is 8.40. The van der Waals surface area contributed by atoms with Crippen LogP contribution < -0.4 is 5.32 Å². The first-order valence-corrected chi connectivity index (χ1v) is 7.05. The molecule has 0 aromatic carbocycles. The van der Waals surface area contributed by atoms with Gasteiger partial charge in [-0.1, -0.05) is 13.8 Å². The number of hydrogen-bond donors (Lipinski definition) is 2. The van der Waals surface area contributed by atoms with Crippen LogP contribution in [0.4, 0.5) is 0 Å². The number of carboxylic acid groups (broad SMARTS) is 1. The zero-order chi connectivity index (χ0) is 13.8. The van der Waals surface area contributed by atoms with Crippen LogP contribution in [-0.2, 0) is 4.79 Å². The predicted octanol–water partition coefficient (Wildman–Crippen LogP) is 1.95. The van der Waals surface area contributed by atoms with Crippen LogP contribution in [0, 0.1) is 5.92 Å². The van der Waals surface area contributed by atoms with Crippen LogP contribution in [0.5, 0.6) is 0 Å². The molecule has 1 unspecified atom stereocenters. The highest BCUT2D eigenvalue weighted by molar-refractivity contribution is 5.78. The SMILES string of the molecule is CNC(C)(CCCN(CC(C)C)C1CC1)C(=O)O. The Balaban J connectivity index is 2.36. The average Bonchev–Trinajstić information content (AvgIpc) is 3.10. The van der Waals surface area contributed by atoms with Crippen molar-refractivity contribution in [2.24, 2.45) is 5.92 Å². The van der Waals surface area contributed by atoms with Crippen LogP contribution in [0.2, 0.25) is 0 Å². The van der Waals surface area contributed by atoms with E-state index in [9.17, 15) is 9.90 Å². The Bertz CT molecular complexity index is 277. The van der Waals surface area contributed by atoms with E-state index in [4.69, 9.17) is 0 Å². The van der Waals surface area contributed by atoms with E-state index in [0.29, 0.717) is 12.3 Å². The number of carboxylic acids is 1. The van der Waals surface area contributed by atoms with Gasteiger partial charge in [0.2, 0.25) is 0 Å². The van der Waals surface area contributed by atoms with Crippen molar-refractivity contribution >= 4 is 5.97 Å². The Kier molecular flexibility index (Phi) is 5.60. The maximum Gasteiger partial charge on any atom is 0.323 e. The summed E-state index contributed by atoms with van der Waals surface area (Å²) >= 11 is 0. The third-order valence-corrected chi connectivity index (χ3v) is 3.81. The lowest BCUT2D eigenvalue weighted by Gasteiger charge is -2.28. The van der Waals surface area contributed by atoms with E-state index in [-0.39, 0.29) is 0 Å². The molecule has 4 nitrogen and oxygen atoms in total. The van der Waals surface area contributed by atoms with Crippen molar-refractivity contribution in [2.75, 3.05) is 20.1 Å². The largest absolute Gasteiger partial charge is 0.480 e. The van der Waals surface area contributed by atoms with Gasteiger partial charge in [-0.05, 0) is 52.1 Å². The predicted molar refractivity (Wildman–Crippen MR) is 73.8 cm³/mol. The minimum atomic E-state index is -0.785. The molecular formula is C14H28N2O2. The average molecular weight is 256 g/mol. The molecule has 1 aliphatic carbocycles. The topological polar surface area (TPSA) is 52.6 Å². The van der Waals surface area contributed by atoms with Crippen LogP contribution in [0.25, 0.3) is 0 Å². The summed E-state index contributed by atoms with van der Waals surface area (Å²) in [7, 11) is 1.72. The van der Waals surface area contributed by atoms with Crippen LogP contribution in [0.15, 0.2) is 0 Å². The zero-order valence-electron chi connectivity index (χ0n) is 12.2. The molecule has 0 saturated heterocycles. The maximum atomic E-state index is 11.2. The van der Waals surface area contributed by atoms with Crippen molar-refractivity contribution in [1.82, 2.24) is 10.2 Å². The van der Waals surface area contributed by atoms with E-state index in [1.807, 2.05) is 0 Å². The molecule has 0 aromatic rings. The fourth-order valence-electron chi connectivity index (χ4n) is 2.31. The number of hydrogen-bond acceptors (Lipinski definition) is 3. The molecule has 0 spiro atoms. The first kappa shape index (κ1) is 15.4. The summed E-state index contributed by atoms with van der Waals surface area (Å²) in [6, 6.07) is 0.762. The van der Waals surface area contributed by atoms with Crippen molar-refractivity contribution in [1.29, 1.82) is 0 Å². The van der Waals surface area contributed by atoms with E-state index in [2.05, 4.69) is 24.1 Å². The second-order valence-electron chi connectivity index (χ2n) is 6.11. The molecule has 18 heavy (non-hydrogen) atoms. The number of likely N-dealkylation sites (N-methyl/N-ethyl adjacent to an activating group) is 1. The Morgan fingerprint density at radius 3 is 2.50 bits per heavy atom. The van der Waals surface area contributed by atoms with Crippen molar-refractivity contribution in [2.45, 2.75) is 58.0 Å². The molecule has 0 radical (unpaired) electrons. The highest BCUT2D eigenvalue weighted by Crippen LogP contribution is 2.28. The molecule has 2 N–H and O–H groups in total. The molecule has 0 aliphatic heterocycles. The second-order valence-corrected chi connectivity index (χ2v) is 6.11. The van der Waals surface area contributed by atoms with Crippen LogP contribution in [0.3, 0.4) is 0 Å². The van der Waals surface area contributed by atoms with E-state index >= 15 is 0 Å². The second kappa shape index (κ2) is 6.53. The normalized spacial score (nSPS) is 19.2. The first-order valence-electron chi connectivity index (χ1n) is 7.05. The van der Waals surface area contributed by atoms with E-state index in [1.54, 1.807) is 14.0 Å². The first-order chi connectivity index (χ1) is 8.39. The van der Waals surface area contributed by atoms with Crippen molar-refractivity contribution < 1.29 is 9.90 Å². The highest BCUT2D eigenvalue weighted by Gasteiger charge is 2.32. The highest BCUT2D eigenvalue weighted by atomic mass is 16.4. The summed E-state index contributed by atoms with van der Waals surface area (Å²) in [5.74, 6) is -0.0763. The standard InChI is InChI=1S/C14H28N2O2/c1-11(2)10-16(12-6-7-12)9-5-8-14(3,15-4)13(17)18/h11-12,15H,5-10H2,1-4H3,(H,17,18). The molecule has 0 bridgehead atoms. The van der Waals surface area contributed by atoms with Gasteiger partial charge in [0, 0.05) is 12.6 Å². The Morgan fingerprint density at radius 2 is 2.11 bits per heavy atom. The van der Waals surface area contributed by atoms with Gasteiger partial charge in [-0.2, -0.15) is 0 Å². The van der Waals surface area contributed by atoms with Gasteiger partial charge >= 0.3 is 5.97 Å². The molecule has 0 heterocycles. The number of rotatable bonds is 9. The van der Waals surface area contributed by atoms with E-state index in [0.717, 1.165) is 25.6 Å². The third-order valence-electron chi connectivity index (χ3n) is 3.81. The van der Waals surface area contributed by atoms with Crippen molar-refractivity contribution in [3.63, 3.8) is 0 Å². The minimum absolute atomic E-state index is 0.681. The van der Waals surface area contributed by atoms with Crippen molar-refractivity contribution in [3.8, 4) is 0 Å².